The highest BCUT2D eigenvalue weighted by molar-refractivity contribution is 6.02. The van der Waals surface area contributed by atoms with E-state index < -0.39 is 0 Å². The maximum absolute atomic E-state index is 12.4. The molecule has 1 aromatic carbocycles. The molecule has 0 aliphatic heterocycles. The molecule has 0 fully saturated rings. The topological polar surface area (TPSA) is 93.2 Å². The fourth-order valence-corrected chi connectivity index (χ4v) is 3.00. The summed E-state index contributed by atoms with van der Waals surface area (Å²) in [4.78, 5) is 21.0. The number of nitrogens with zero attached hydrogens (tertiary/aromatic N) is 3. The van der Waals surface area contributed by atoms with Crippen LogP contribution in [0.5, 0.6) is 0 Å². The van der Waals surface area contributed by atoms with Gasteiger partial charge < -0.3 is 14.8 Å². The predicted molar refractivity (Wildman–Crippen MR) is 101 cm³/mol. The number of rotatable bonds is 5. The van der Waals surface area contributed by atoms with Crippen molar-refractivity contribution >= 4 is 22.6 Å². The number of aromatic nitrogens is 3. The summed E-state index contributed by atoms with van der Waals surface area (Å²) in [6.07, 6.45) is 3.58. The summed E-state index contributed by atoms with van der Waals surface area (Å²) in [7, 11) is 0. The Kier molecular flexibility index (Phi) is 4.43. The Hall–Kier alpha value is -3.45. The third-order valence-electron chi connectivity index (χ3n) is 4.25. The number of aryl methyl sites for hydroxylation is 1. The molecule has 0 atom stereocenters. The first-order valence-corrected chi connectivity index (χ1v) is 8.57. The van der Waals surface area contributed by atoms with Gasteiger partial charge in [0.05, 0.1) is 29.5 Å². The van der Waals surface area contributed by atoms with Crippen LogP contribution in [0.15, 0.2) is 59.3 Å². The molecule has 0 saturated heterocycles. The molecule has 0 aliphatic carbocycles. The third-order valence-corrected chi connectivity index (χ3v) is 4.25. The van der Waals surface area contributed by atoms with Gasteiger partial charge >= 0.3 is 0 Å². The molecule has 4 aromatic rings. The molecule has 0 unspecified atom stereocenters. The average Bonchev–Trinajstić information content (AvgIpc) is 3.28. The van der Waals surface area contributed by atoms with Crippen LogP contribution in [0.4, 0.5) is 5.69 Å². The van der Waals surface area contributed by atoms with Crippen molar-refractivity contribution in [1.82, 2.24) is 14.5 Å². The summed E-state index contributed by atoms with van der Waals surface area (Å²) in [5, 5.41) is 12.1. The van der Waals surface area contributed by atoms with Gasteiger partial charge in [0, 0.05) is 18.7 Å². The van der Waals surface area contributed by atoms with Gasteiger partial charge in [-0.1, -0.05) is 12.1 Å². The van der Waals surface area contributed by atoms with E-state index in [0.29, 0.717) is 23.8 Å². The molecule has 27 heavy (non-hydrogen) atoms. The molecule has 4 rings (SSSR count). The van der Waals surface area contributed by atoms with Crippen LogP contribution in [0.1, 0.15) is 21.9 Å². The summed E-state index contributed by atoms with van der Waals surface area (Å²) >= 11 is 0. The SMILES string of the molecule is Cc1cccc2c1nc(CCO)n2-c1ccc(C(=O)Nc2cccnc2)o1. The summed E-state index contributed by atoms with van der Waals surface area (Å²) < 4.78 is 7.64. The van der Waals surface area contributed by atoms with E-state index in [1.165, 1.54) is 0 Å². The minimum Gasteiger partial charge on any atom is -0.435 e. The Labute approximate surface area is 155 Å². The molecule has 7 heteroatoms. The lowest BCUT2D eigenvalue weighted by molar-refractivity contribution is 0.0996. The molecule has 3 aromatic heterocycles. The predicted octanol–water partition coefficient (Wildman–Crippen LogP) is 3.11. The fourth-order valence-electron chi connectivity index (χ4n) is 3.00. The summed E-state index contributed by atoms with van der Waals surface area (Å²) in [6, 6.07) is 12.7. The molecule has 3 heterocycles. The highest BCUT2D eigenvalue weighted by atomic mass is 16.4. The standard InChI is InChI=1S/C20H18N4O3/c1-13-4-2-6-15-19(13)23-17(9-11-25)24(15)18-8-7-16(27-18)20(26)22-14-5-3-10-21-12-14/h2-8,10,12,25H,9,11H2,1H3,(H,22,26). The maximum Gasteiger partial charge on any atom is 0.291 e. The van der Waals surface area contributed by atoms with Gasteiger partial charge in [-0.25, -0.2) is 4.98 Å². The quantitative estimate of drug-likeness (QED) is 0.569. The van der Waals surface area contributed by atoms with Gasteiger partial charge in [-0.05, 0) is 36.8 Å². The van der Waals surface area contributed by atoms with Gasteiger partial charge in [-0.2, -0.15) is 0 Å². The Balaban J connectivity index is 1.72. The van der Waals surface area contributed by atoms with Crippen LogP contribution in [0, 0.1) is 6.92 Å². The molecule has 0 bridgehead atoms. The van der Waals surface area contributed by atoms with E-state index in [0.717, 1.165) is 16.6 Å². The molecular weight excluding hydrogens is 344 g/mol. The zero-order valence-corrected chi connectivity index (χ0v) is 14.7. The van der Waals surface area contributed by atoms with Gasteiger partial charge in [0.1, 0.15) is 5.82 Å². The number of anilines is 1. The minimum atomic E-state index is -0.362. The number of imidazole rings is 1. The number of hydrogen-bond acceptors (Lipinski definition) is 5. The number of fused-ring (bicyclic) bond motifs is 1. The van der Waals surface area contributed by atoms with Crippen LogP contribution < -0.4 is 5.32 Å². The van der Waals surface area contributed by atoms with E-state index in [2.05, 4.69) is 15.3 Å². The zero-order valence-electron chi connectivity index (χ0n) is 14.7. The highest BCUT2D eigenvalue weighted by Crippen LogP contribution is 2.25. The van der Waals surface area contributed by atoms with E-state index in [1.54, 1.807) is 36.7 Å². The van der Waals surface area contributed by atoms with Gasteiger partial charge in [0.2, 0.25) is 5.88 Å². The van der Waals surface area contributed by atoms with Crippen molar-refractivity contribution in [2.45, 2.75) is 13.3 Å². The van der Waals surface area contributed by atoms with Crippen LogP contribution in [0.2, 0.25) is 0 Å². The molecule has 0 aliphatic rings. The number of amides is 1. The summed E-state index contributed by atoms with van der Waals surface area (Å²) in [5.74, 6) is 0.968. The lowest BCUT2D eigenvalue weighted by Gasteiger charge is -2.05. The molecule has 1 amide bonds. The van der Waals surface area contributed by atoms with Crippen LogP contribution >= 0.6 is 0 Å². The van der Waals surface area contributed by atoms with Crippen molar-refractivity contribution in [2.24, 2.45) is 0 Å². The lowest BCUT2D eigenvalue weighted by Crippen LogP contribution is -2.11. The second-order valence-electron chi connectivity index (χ2n) is 6.11. The number of aliphatic hydroxyl groups is 1. The minimum absolute atomic E-state index is 0.0303. The highest BCUT2D eigenvalue weighted by Gasteiger charge is 2.18. The van der Waals surface area contributed by atoms with Crippen molar-refractivity contribution in [1.29, 1.82) is 0 Å². The van der Waals surface area contributed by atoms with Crippen LogP contribution in [0.3, 0.4) is 0 Å². The van der Waals surface area contributed by atoms with Crippen molar-refractivity contribution in [3.8, 4) is 5.88 Å². The van der Waals surface area contributed by atoms with E-state index in [1.807, 2.05) is 29.7 Å². The first kappa shape index (κ1) is 17.0. The Bertz CT molecular complexity index is 1100. The lowest BCUT2D eigenvalue weighted by atomic mass is 10.2. The van der Waals surface area contributed by atoms with Crippen molar-refractivity contribution in [3.05, 3.63) is 72.0 Å². The number of hydrogen-bond donors (Lipinski definition) is 2. The van der Waals surface area contributed by atoms with Gasteiger partial charge in [-0.15, -0.1) is 0 Å². The number of para-hydroxylation sites is 1. The summed E-state index contributed by atoms with van der Waals surface area (Å²) in [5.41, 5.74) is 3.34. The molecule has 0 spiro atoms. The van der Waals surface area contributed by atoms with Crippen molar-refractivity contribution in [2.75, 3.05) is 11.9 Å². The average molecular weight is 362 g/mol. The van der Waals surface area contributed by atoms with E-state index in [-0.39, 0.29) is 18.3 Å². The first-order chi connectivity index (χ1) is 13.2. The molecule has 136 valence electrons. The van der Waals surface area contributed by atoms with E-state index >= 15 is 0 Å². The zero-order chi connectivity index (χ0) is 18.8. The smallest absolute Gasteiger partial charge is 0.291 e. The second kappa shape index (κ2) is 7.05. The van der Waals surface area contributed by atoms with E-state index in [9.17, 15) is 9.90 Å². The van der Waals surface area contributed by atoms with Gasteiger partial charge in [0.25, 0.3) is 5.91 Å². The maximum atomic E-state index is 12.4. The van der Waals surface area contributed by atoms with Gasteiger partial charge in [-0.3, -0.25) is 14.3 Å². The van der Waals surface area contributed by atoms with Crippen molar-refractivity contribution < 1.29 is 14.3 Å². The molecule has 7 nitrogen and oxygen atoms in total. The van der Waals surface area contributed by atoms with Crippen LogP contribution in [-0.4, -0.2) is 32.2 Å². The van der Waals surface area contributed by atoms with Crippen LogP contribution in [0.25, 0.3) is 16.9 Å². The number of carbonyl (C=O) groups excluding carboxylic acids is 1. The summed E-state index contributed by atoms with van der Waals surface area (Å²) in [6.45, 7) is 1.95. The molecule has 0 saturated carbocycles. The number of carbonyl (C=O) groups is 1. The molecular formula is C20H18N4O3. The number of benzene rings is 1. The number of furan rings is 1. The molecule has 0 radical (unpaired) electrons. The first-order valence-electron chi connectivity index (χ1n) is 8.57. The number of nitrogens with one attached hydrogen (secondary N) is 1. The number of pyridine rings is 1. The Morgan fingerprint density at radius 3 is 2.89 bits per heavy atom. The number of aliphatic hydroxyl groups excluding tert-OH is 1. The third kappa shape index (κ3) is 3.20. The van der Waals surface area contributed by atoms with E-state index in [4.69, 9.17) is 4.42 Å². The second-order valence-corrected chi connectivity index (χ2v) is 6.11. The van der Waals surface area contributed by atoms with Crippen molar-refractivity contribution in [3.63, 3.8) is 0 Å². The monoisotopic (exact) mass is 362 g/mol. The normalized spacial score (nSPS) is 11.0. The van der Waals surface area contributed by atoms with Gasteiger partial charge in [0.15, 0.2) is 5.76 Å². The Morgan fingerprint density at radius 2 is 2.11 bits per heavy atom. The van der Waals surface area contributed by atoms with Crippen LogP contribution in [-0.2, 0) is 6.42 Å². The fraction of sp³-hybridized carbons (Fsp3) is 0.150. The largest absolute Gasteiger partial charge is 0.435 e. The molecule has 2 N–H and O–H groups in total. The Morgan fingerprint density at radius 1 is 1.22 bits per heavy atom.